The molecule has 1 saturated heterocycles. The Kier molecular flexibility index (Phi) is 4.36. The quantitative estimate of drug-likeness (QED) is 0.469. The predicted molar refractivity (Wildman–Crippen MR) is 103 cm³/mol. The van der Waals surface area contributed by atoms with Crippen LogP contribution in [0.5, 0.6) is 0 Å². The Morgan fingerprint density at radius 2 is 1.61 bits per heavy atom. The summed E-state index contributed by atoms with van der Waals surface area (Å²) < 4.78 is 0. The van der Waals surface area contributed by atoms with Crippen LogP contribution in [0, 0.1) is 40.2 Å². The molecule has 1 aromatic rings. The molecule has 1 aliphatic heterocycles. The van der Waals surface area contributed by atoms with Gasteiger partial charge in [-0.05, 0) is 44.2 Å². The van der Waals surface area contributed by atoms with Gasteiger partial charge >= 0.3 is 0 Å². The summed E-state index contributed by atoms with van der Waals surface area (Å²) in [6.45, 7) is 8.70. The molecule has 1 aromatic carbocycles. The Morgan fingerprint density at radius 1 is 1.07 bits per heavy atom. The molecule has 2 aliphatic rings. The zero-order valence-electron chi connectivity index (χ0n) is 16.8. The van der Waals surface area contributed by atoms with Crippen molar-refractivity contribution in [2.75, 3.05) is 5.32 Å². The van der Waals surface area contributed by atoms with Crippen molar-refractivity contribution in [3.05, 3.63) is 33.4 Å². The van der Waals surface area contributed by atoms with Crippen molar-refractivity contribution in [3.8, 4) is 0 Å². The van der Waals surface area contributed by atoms with Gasteiger partial charge in [-0.1, -0.05) is 26.8 Å². The number of nitrogens with zero attached hydrogens (tertiary/aromatic N) is 1. The van der Waals surface area contributed by atoms with Gasteiger partial charge in [0.15, 0.2) is 0 Å². The summed E-state index contributed by atoms with van der Waals surface area (Å²) in [7, 11) is 0. The maximum Gasteiger partial charge on any atom is 0.293 e. The minimum atomic E-state index is -1.01. The number of amides is 3. The van der Waals surface area contributed by atoms with Crippen LogP contribution < -0.4 is 10.6 Å². The van der Waals surface area contributed by atoms with E-state index in [0.717, 1.165) is 5.56 Å². The van der Waals surface area contributed by atoms with Gasteiger partial charge in [-0.3, -0.25) is 29.8 Å². The summed E-state index contributed by atoms with van der Waals surface area (Å²) in [4.78, 5) is 49.1. The molecule has 0 aromatic heterocycles. The van der Waals surface area contributed by atoms with Gasteiger partial charge in [0.2, 0.25) is 17.7 Å². The molecule has 2 atom stereocenters. The Hall–Kier alpha value is -2.77. The number of nitro benzene ring substituents is 1. The minimum Gasteiger partial charge on any atom is -0.320 e. The topological polar surface area (TPSA) is 118 Å². The maximum atomic E-state index is 13.3. The number of nitrogens with one attached hydrogen (secondary N) is 2. The van der Waals surface area contributed by atoms with Crippen molar-refractivity contribution in [3.63, 3.8) is 0 Å². The van der Waals surface area contributed by atoms with E-state index in [4.69, 9.17) is 0 Å². The lowest BCUT2D eigenvalue weighted by molar-refractivity contribution is -0.384. The van der Waals surface area contributed by atoms with Crippen LogP contribution in [0.25, 0.3) is 0 Å². The minimum absolute atomic E-state index is 0.156. The Bertz CT molecular complexity index is 897. The van der Waals surface area contributed by atoms with Crippen LogP contribution in [0.2, 0.25) is 0 Å². The molecule has 8 nitrogen and oxygen atoms in total. The number of anilines is 1. The third kappa shape index (κ3) is 3.06. The van der Waals surface area contributed by atoms with Gasteiger partial charge in [0.05, 0.1) is 4.92 Å². The molecule has 3 rings (SSSR count). The standard InChI is InChI=1S/C20H25N3O5/c1-11-6-12(2)14(13(7-11)23(27)28)21-15(24)18(3)8-19(4)10-20(5,9-18)17(26)22-16(19)25/h6-7H,8-10H2,1-5H3,(H,21,24)(H,22,25,26). The van der Waals surface area contributed by atoms with Crippen molar-refractivity contribution in [1.29, 1.82) is 0 Å². The SMILES string of the molecule is Cc1cc(C)c(NC(=O)C2(C)CC3(C)CC(C)(C2)C(=O)NC3=O)c([N+](=O)[O-])c1. The second kappa shape index (κ2) is 6.12. The number of benzene rings is 1. The van der Waals surface area contributed by atoms with E-state index < -0.39 is 27.1 Å². The number of fused-ring (bicyclic) bond motifs is 2. The average Bonchev–Trinajstić information content (AvgIpc) is 2.54. The summed E-state index contributed by atoms with van der Waals surface area (Å²) in [5.41, 5.74) is -1.41. The molecule has 2 fully saturated rings. The molecule has 0 radical (unpaired) electrons. The molecule has 1 heterocycles. The van der Waals surface area contributed by atoms with E-state index in [9.17, 15) is 24.5 Å². The zero-order chi connectivity index (χ0) is 21.1. The van der Waals surface area contributed by atoms with Gasteiger partial charge in [0, 0.05) is 22.3 Å². The first-order chi connectivity index (χ1) is 12.8. The maximum absolute atomic E-state index is 13.3. The third-order valence-electron chi connectivity index (χ3n) is 6.11. The number of piperidine rings is 1. The van der Waals surface area contributed by atoms with Crippen LogP contribution in [-0.4, -0.2) is 22.6 Å². The van der Waals surface area contributed by atoms with Gasteiger partial charge < -0.3 is 5.32 Å². The highest BCUT2D eigenvalue weighted by molar-refractivity contribution is 6.06. The molecule has 3 amide bonds. The fraction of sp³-hybridized carbons (Fsp3) is 0.550. The van der Waals surface area contributed by atoms with E-state index in [1.165, 1.54) is 6.07 Å². The van der Waals surface area contributed by atoms with E-state index in [1.54, 1.807) is 40.7 Å². The van der Waals surface area contributed by atoms with E-state index in [1.807, 2.05) is 0 Å². The molecule has 8 heteroatoms. The average molecular weight is 387 g/mol. The number of carbonyl (C=O) groups is 3. The predicted octanol–water partition coefficient (Wildman–Crippen LogP) is 3.01. The Morgan fingerprint density at radius 3 is 2.11 bits per heavy atom. The molecule has 150 valence electrons. The van der Waals surface area contributed by atoms with Gasteiger partial charge in [0.25, 0.3) is 5.69 Å². The van der Waals surface area contributed by atoms with Crippen LogP contribution >= 0.6 is 0 Å². The molecule has 0 spiro atoms. The van der Waals surface area contributed by atoms with Crippen molar-refractivity contribution in [2.45, 2.75) is 53.9 Å². The highest BCUT2D eigenvalue weighted by Crippen LogP contribution is 2.57. The van der Waals surface area contributed by atoms with Crippen molar-refractivity contribution >= 4 is 29.1 Å². The fourth-order valence-electron chi connectivity index (χ4n) is 5.17. The second-order valence-corrected chi connectivity index (χ2v) is 9.18. The molecule has 1 aliphatic carbocycles. The number of imide groups is 1. The lowest BCUT2D eigenvalue weighted by Crippen LogP contribution is -2.63. The highest BCUT2D eigenvalue weighted by atomic mass is 16.6. The lowest BCUT2D eigenvalue weighted by Gasteiger charge is -2.53. The van der Waals surface area contributed by atoms with E-state index in [0.29, 0.717) is 12.0 Å². The van der Waals surface area contributed by atoms with Crippen LogP contribution in [0.4, 0.5) is 11.4 Å². The normalized spacial score (nSPS) is 31.9. The first kappa shape index (κ1) is 20.0. The summed E-state index contributed by atoms with van der Waals surface area (Å²) in [6.07, 6.45) is 0.912. The Balaban J connectivity index is 1.98. The van der Waals surface area contributed by atoms with Gasteiger partial charge in [-0.25, -0.2) is 0 Å². The van der Waals surface area contributed by atoms with Gasteiger partial charge in [-0.15, -0.1) is 0 Å². The molecule has 1 saturated carbocycles. The van der Waals surface area contributed by atoms with Crippen LogP contribution in [0.15, 0.2) is 12.1 Å². The summed E-state index contributed by atoms with van der Waals surface area (Å²) in [5.74, 6) is -1.15. The number of hydrogen-bond donors (Lipinski definition) is 2. The van der Waals surface area contributed by atoms with Gasteiger partial charge in [-0.2, -0.15) is 0 Å². The lowest BCUT2D eigenvalue weighted by atomic mass is 9.52. The first-order valence-corrected chi connectivity index (χ1v) is 9.23. The summed E-state index contributed by atoms with van der Waals surface area (Å²) >= 11 is 0. The molecule has 2 bridgehead atoms. The monoisotopic (exact) mass is 387 g/mol. The molecule has 2 unspecified atom stereocenters. The smallest absolute Gasteiger partial charge is 0.293 e. The first-order valence-electron chi connectivity index (χ1n) is 9.23. The summed E-state index contributed by atoms with van der Waals surface area (Å²) in [6, 6.07) is 3.18. The largest absolute Gasteiger partial charge is 0.320 e. The number of carbonyl (C=O) groups excluding carboxylic acids is 3. The van der Waals surface area contributed by atoms with Crippen LogP contribution in [-0.2, 0) is 14.4 Å². The third-order valence-corrected chi connectivity index (χ3v) is 6.11. The highest BCUT2D eigenvalue weighted by Gasteiger charge is 2.60. The zero-order valence-corrected chi connectivity index (χ0v) is 16.8. The fourth-order valence-corrected chi connectivity index (χ4v) is 5.17. The molecular weight excluding hydrogens is 362 g/mol. The number of rotatable bonds is 3. The van der Waals surface area contributed by atoms with E-state index in [2.05, 4.69) is 10.6 Å². The number of aryl methyl sites for hydroxylation is 2. The molecular formula is C20H25N3O5. The molecule has 28 heavy (non-hydrogen) atoms. The number of hydrogen-bond acceptors (Lipinski definition) is 5. The van der Waals surface area contributed by atoms with E-state index >= 15 is 0 Å². The Labute approximate surface area is 163 Å². The second-order valence-electron chi connectivity index (χ2n) is 9.18. The van der Waals surface area contributed by atoms with Crippen LogP contribution in [0.3, 0.4) is 0 Å². The van der Waals surface area contributed by atoms with Crippen LogP contribution in [0.1, 0.15) is 51.2 Å². The number of nitro groups is 1. The van der Waals surface area contributed by atoms with Crippen molar-refractivity contribution in [2.24, 2.45) is 16.2 Å². The summed E-state index contributed by atoms with van der Waals surface area (Å²) in [5, 5.41) is 16.6. The molecule has 2 N–H and O–H groups in total. The van der Waals surface area contributed by atoms with Gasteiger partial charge in [0.1, 0.15) is 5.69 Å². The van der Waals surface area contributed by atoms with E-state index in [-0.39, 0.29) is 36.0 Å². The van der Waals surface area contributed by atoms with Crippen molar-refractivity contribution in [1.82, 2.24) is 5.32 Å². The van der Waals surface area contributed by atoms with Crippen molar-refractivity contribution < 1.29 is 19.3 Å².